The molecule has 0 spiro atoms. The third kappa shape index (κ3) is 1.66. The lowest BCUT2D eigenvalue weighted by atomic mass is 9.72. The second kappa shape index (κ2) is 3.35. The van der Waals surface area contributed by atoms with Crippen LogP contribution in [0.1, 0.15) is 39.2 Å². The van der Waals surface area contributed by atoms with E-state index in [4.69, 9.17) is 0 Å². The summed E-state index contributed by atoms with van der Waals surface area (Å²) in [6.07, 6.45) is 5.84. The van der Waals surface area contributed by atoms with Crippen LogP contribution in [-0.4, -0.2) is 26.0 Å². The molecule has 0 bridgehead atoms. The fraction of sp³-hybridized carbons (Fsp3) is 0.800. The molecule has 1 aromatic heterocycles. The normalized spacial score (nSPS) is 31.6. The van der Waals surface area contributed by atoms with Crippen LogP contribution in [0.25, 0.3) is 0 Å². The zero-order chi connectivity index (χ0) is 10.2. The van der Waals surface area contributed by atoms with E-state index in [2.05, 4.69) is 23.9 Å². The molecule has 2 rings (SSSR count). The molecule has 0 amide bonds. The highest BCUT2D eigenvalue weighted by atomic mass is 16.3. The molecule has 1 aliphatic rings. The van der Waals surface area contributed by atoms with E-state index in [1.165, 1.54) is 0 Å². The monoisotopic (exact) mass is 195 g/mol. The van der Waals surface area contributed by atoms with Crippen molar-refractivity contribution in [2.24, 2.45) is 5.41 Å². The molecular weight excluding hydrogens is 178 g/mol. The first-order chi connectivity index (χ1) is 6.59. The Labute approximate surface area is 84.0 Å². The van der Waals surface area contributed by atoms with Gasteiger partial charge in [0.25, 0.3) is 0 Å². The summed E-state index contributed by atoms with van der Waals surface area (Å²) in [5, 5.41) is 13.8. The van der Waals surface area contributed by atoms with E-state index < -0.39 is 0 Å². The van der Waals surface area contributed by atoms with Gasteiger partial charge in [-0.05, 0) is 24.7 Å². The summed E-state index contributed by atoms with van der Waals surface area (Å²) < 4.78 is 1.88. The number of nitrogens with zero attached hydrogens (tertiary/aromatic N) is 3. The minimum absolute atomic E-state index is 0.183. The summed E-state index contributed by atoms with van der Waals surface area (Å²) >= 11 is 0. The minimum Gasteiger partial charge on any atom is -0.393 e. The molecule has 0 aliphatic heterocycles. The molecule has 4 nitrogen and oxygen atoms in total. The van der Waals surface area contributed by atoms with E-state index in [1.54, 1.807) is 12.7 Å². The first kappa shape index (κ1) is 9.65. The Morgan fingerprint density at radius 3 is 2.93 bits per heavy atom. The molecule has 1 aliphatic carbocycles. The summed E-state index contributed by atoms with van der Waals surface area (Å²) in [4.78, 5) is 3.96. The van der Waals surface area contributed by atoms with Crippen molar-refractivity contribution < 1.29 is 5.11 Å². The maximum absolute atomic E-state index is 9.65. The molecule has 2 unspecified atom stereocenters. The first-order valence-corrected chi connectivity index (χ1v) is 5.12. The molecule has 1 fully saturated rings. The van der Waals surface area contributed by atoms with Gasteiger partial charge in [0.1, 0.15) is 12.7 Å². The lowest BCUT2D eigenvalue weighted by molar-refractivity contribution is 0.0291. The molecule has 0 saturated heterocycles. The van der Waals surface area contributed by atoms with Gasteiger partial charge in [-0.15, -0.1) is 0 Å². The molecule has 4 heteroatoms. The van der Waals surface area contributed by atoms with E-state index in [0.29, 0.717) is 0 Å². The summed E-state index contributed by atoms with van der Waals surface area (Å²) in [7, 11) is 0. The smallest absolute Gasteiger partial charge is 0.137 e. The van der Waals surface area contributed by atoms with Gasteiger partial charge in [-0.3, -0.25) is 0 Å². The predicted octanol–water partition coefficient (Wildman–Crippen LogP) is 1.39. The number of aliphatic hydroxyl groups is 1. The van der Waals surface area contributed by atoms with Crippen LogP contribution in [0.15, 0.2) is 12.7 Å². The van der Waals surface area contributed by atoms with E-state index in [1.807, 2.05) is 4.68 Å². The molecule has 1 N–H and O–H groups in total. The average Bonchev–Trinajstić information content (AvgIpc) is 2.62. The molecule has 1 aromatic rings. The van der Waals surface area contributed by atoms with Crippen LogP contribution in [0.2, 0.25) is 0 Å². The zero-order valence-corrected chi connectivity index (χ0v) is 8.72. The topological polar surface area (TPSA) is 50.9 Å². The second-order valence-corrected chi connectivity index (χ2v) is 4.81. The highest BCUT2D eigenvalue weighted by molar-refractivity contribution is 4.89. The number of aliphatic hydroxyl groups excluding tert-OH is 1. The van der Waals surface area contributed by atoms with Gasteiger partial charge >= 0.3 is 0 Å². The molecule has 14 heavy (non-hydrogen) atoms. The van der Waals surface area contributed by atoms with Crippen LogP contribution in [0.3, 0.4) is 0 Å². The Bertz CT molecular complexity index is 294. The van der Waals surface area contributed by atoms with Gasteiger partial charge in [-0.2, -0.15) is 5.10 Å². The molecule has 0 aromatic carbocycles. The lowest BCUT2D eigenvalue weighted by Crippen LogP contribution is -2.36. The largest absolute Gasteiger partial charge is 0.393 e. The van der Waals surface area contributed by atoms with Crippen LogP contribution >= 0.6 is 0 Å². The van der Waals surface area contributed by atoms with Gasteiger partial charge in [0.15, 0.2) is 0 Å². The van der Waals surface area contributed by atoms with Gasteiger partial charge < -0.3 is 5.11 Å². The number of aromatic nitrogens is 3. The van der Waals surface area contributed by atoms with E-state index in [-0.39, 0.29) is 17.6 Å². The first-order valence-electron chi connectivity index (χ1n) is 5.12. The molecular formula is C10H17N3O. The molecule has 2 atom stereocenters. The van der Waals surface area contributed by atoms with Crippen molar-refractivity contribution in [2.75, 3.05) is 0 Å². The lowest BCUT2D eigenvalue weighted by Gasteiger charge is -2.40. The summed E-state index contributed by atoms with van der Waals surface area (Å²) in [5.74, 6) is 0. The van der Waals surface area contributed by atoms with Gasteiger partial charge in [0.05, 0.1) is 12.1 Å². The quantitative estimate of drug-likeness (QED) is 0.736. The second-order valence-electron chi connectivity index (χ2n) is 4.81. The minimum atomic E-state index is -0.183. The third-order valence-corrected chi connectivity index (χ3v) is 3.28. The maximum atomic E-state index is 9.65. The number of rotatable bonds is 1. The number of hydrogen-bond acceptors (Lipinski definition) is 3. The van der Waals surface area contributed by atoms with Crippen molar-refractivity contribution >= 4 is 0 Å². The van der Waals surface area contributed by atoms with Crippen LogP contribution in [-0.2, 0) is 0 Å². The predicted molar refractivity (Wildman–Crippen MR) is 52.7 cm³/mol. The Balaban J connectivity index is 2.22. The molecule has 1 saturated carbocycles. The number of hydrogen-bond donors (Lipinski definition) is 1. The Morgan fingerprint density at radius 2 is 2.29 bits per heavy atom. The highest BCUT2D eigenvalue weighted by Gasteiger charge is 2.37. The van der Waals surface area contributed by atoms with E-state index >= 15 is 0 Å². The van der Waals surface area contributed by atoms with Gasteiger partial charge in [-0.25, -0.2) is 9.67 Å². The van der Waals surface area contributed by atoms with Crippen LogP contribution < -0.4 is 0 Å². The fourth-order valence-electron chi connectivity index (χ4n) is 2.24. The van der Waals surface area contributed by atoms with Crippen molar-refractivity contribution in [1.82, 2.24) is 14.8 Å². The van der Waals surface area contributed by atoms with Crippen LogP contribution in [0.4, 0.5) is 0 Å². The zero-order valence-electron chi connectivity index (χ0n) is 8.72. The molecule has 78 valence electrons. The van der Waals surface area contributed by atoms with Crippen LogP contribution in [0.5, 0.6) is 0 Å². The van der Waals surface area contributed by atoms with Crippen molar-refractivity contribution in [3.63, 3.8) is 0 Å². The van der Waals surface area contributed by atoms with Crippen molar-refractivity contribution in [2.45, 2.75) is 45.3 Å². The Morgan fingerprint density at radius 1 is 1.50 bits per heavy atom. The van der Waals surface area contributed by atoms with E-state index in [0.717, 1.165) is 19.3 Å². The van der Waals surface area contributed by atoms with E-state index in [9.17, 15) is 5.11 Å². The van der Waals surface area contributed by atoms with Crippen LogP contribution in [0, 0.1) is 5.41 Å². The molecule has 0 radical (unpaired) electrons. The third-order valence-electron chi connectivity index (χ3n) is 3.28. The fourth-order valence-corrected chi connectivity index (χ4v) is 2.24. The van der Waals surface area contributed by atoms with Crippen molar-refractivity contribution in [3.05, 3.63) is 12.7 Å². The average molecular weight is 195 g/mol. The maximum Gasteiger partial charge on any atom is 0.137 e. The molecule has 1 heterocycles. The standard InChI is InChI=1S/C10H17N3O/c1-10(2)4-3-8(14)5-9(10)13-7-11-6-12-13/h6-9,14H,3-5H2,1-2H3. The Hall–Kier alpha value is -0.900. The van der Waals surface area contributed by atoms with Crippen molar-refractivity contribution in [3.8, 4) is 0 Å². The SMILES string of the molecule is CC1(C)CCC(O)CC1n1cncn1. The van der Waals surface area contributed by atoms with Gasteiger partial charge in [-0.1, -0.05) is 13.8 Å². The van der Waals surface area contributed by atoms with Crippen molar-refractivity contribution in [1.29, 1.82) is 0 Å². The summed E-state index contributed by atoms with van der Waals surface area (Å²) in [6, 6.07) is 0.272. The van der Waals surface area contributed by atoms with Gasteiger partial charge in [0.2, 0.25) is 0 Å². The Kier molecular flexibility index (Phi) is 2.31. The van der Waals surface area contributed by atoms with Gasteiger partial charge in [0, 0.05) is 0 Å². The summed E-state index contributed by atoms with van der Waals surface area (Å²) in [5.41, 5.74) is 0.201. The highest BCUT2D eigenvalue weighted by Crippen LogP contribution is 2.43. The summed E-state index contributed by atoms with van der Waals surface area (Å²) in [6.45, 7) is 4.45.